The van der Waals surface area contributed by atoms with Gasteiger partial charge in [-0.2, -0.15) is 0 Å². The average Bonchev–Trinajstić information content (AvgIpc) is 2.45. The third-order valence-electron chi connectivity index (χ3n) is 2.70. The fraction of sp³-hybridized carbons (Fsp3) is 0.308. The number of nitrogens with zero attached hydrogens (tertiary/aromatic N) is 2. The second-order valence-corrected chi connectivity index (χ2v) is 6.40. The molecule has 9 heteroatoms. The van der Waals surface area contributed by atoms with Gasteiger partial charge in [-0.15, -0.1) is 0 Å². The number of hydrogen-bond donors (Lipinski definition) is 2. The maximum Gasteiger partial charge on any atom is 0.274 e. The minimum Gasteiger partial charge on any atom is -0.491 e. The van der Waals surface area contributed by atoms with Crippen LogP contribution < -0.4 is 15.2 Å². The first kappa shape index (κ1) is 16.1. The van der Waals surface area contributed by atoms with Gasteiger partial charge in [0.1, 0.15) is 12.4 Å². The minimum absolute atomic E-state index is 0.00199. The normalized spacial score (nSPS) is 18.0. The molecule has 0 bridgehead atoms. The Labute approximate surface area is 128 Å². The summed E-state index contributed by atoms with van der Waals surface area (Å²) < 4.78 is 30.2. The Morgan fingerprint density at radius 2 is 2.18 bits per heavy atom. The molecule has 118 valence electrons. The van der Waals surface area contributed by atoms with Gasteiger partial charge in [0.05, 0.1) is 23.9 Å². The van der Waals surface area contributed by atoms with Gasteiger partial charge in [-0.1, -0.05) is 6.07 Å². The van der Waals surface area contributed by atoms with Crippen molar-refractivity contribution in [2.24, 2.45) is 15.7 Å². The van der Waals surface area contributed by atoms with Gasteiger partial charge in [-0.3, -0.25) is 14.5 Å². The topological polar surface area (TPSA) is 123 Å². The number of rotatable bonds is 6. The van der Waals surface area contributed by atoms with E-state index >= 15 is 0 Å². The number of hydrogen-bond acceptors (Lipinski definition) is 6. The summed E-state index contributed by atoms with van der Waals surface area (Å²) in [6.07, 6.45) is 2.40. The molecule has 2 rings (SSSR count). The van der Waals surface area contributed by atoms with Crippen molar-refractivity contribution in [2.45, 2.75) is 6.04 Å². The fourth-order valence-corrected chi connectivity index (χ4v) is 2.32. The van der Waals surface area contributed by atoms with E-state index in [-0.39, 0.29) is 13.2 Å². The first-order valence-electron chi connectivity index (χ1n) is 6.43. The highest BCUT2D eigenvalue weighted by Crippen LogP contribution is 2.18. The molecule has 1 aromatic rings. The molecule has 0 spiro atoms. The molecule has 1 aliphatic rings. The summed E-state index contributed by atoms with van der Waals surface area (Å²) in [4.78, 5) is 19.4. The zero-order valence-corrected chi connectivity index (χ0v) is 12.7. The van der Waals surface area contributed by atoms with E-state index in [9.17, 15) is 13.2 Å². The van der Waals surface area contributed by atoms with Crippen LogP contribution in [0.15, 0.2) is 34.3 Å². The largest absolute Gasteiger partial charge is 0.491 e. The molecule has 1 aliphatic heterocycles. The highest BCUT2D eigenvalue weighted by Gasteiger charge is 2.21. The van der Waals surface area contributed by atoms with E-state index < -0.39 is 22.0 Å². The number of anilines is 1. The second-order valence-electron chi connectivity index (χ2n) is 4.65. The molecule has 3 N–H and O–H groups in total. The number of carbonyl (C=O) groups is 1. The van der Waals surface area contributed by atoms with E-state index in [0.29, 0.717) is 17.1 Å². The average molecular weight is 324 g/mol. The van der Waals surface area contributed by atoms with Crippen LogP contribution >= 0.6 is 0 Å². The van der Waals surface area contributed by atoms with Crippen LogP contribution in [0, 0.1) is 0 Å². The summed E-state index contributed by atoms with van der Waals surface area (Å²) in [7, 11) is -3.36. The van der Waals surface area contributed by atoms with Crippen molar-refractivity contribution in [3.8, 4) is 5.75 Å². The van der Waals surface area contributed by atoms with E-state index in [1.54, 1.807) is 18.2 Å². The molecule has 8 nitrogen and oxygen atoms in total. The highest BCUT2D eigenvalue weighted by molar-refractivity contribution is 7.92. The Hall–Kier alpha value is -2.26. The quantitative estimate of drug-likeness (QED) is 0.751. The summed E-state index contributed by atoms with van der Waals surface area (Å²) in [5, 5.41) is 0. The van der Waals surface area contributed by atoms with Gasteiger partial charge >= 0.3 is 0 Å². The monoisotopic (exact) mass is 324 g/mol. The fourth-order valence-electron chi connectivity index (χ4n) is 1.77. The zero-order chi connectivity index (χ0) is 16.2. The van der Waals surface area contributed by atoms with E-state index in [0.717, 1.165) is 6.26 Å². The van der Waals surface area contributed by atoms with Crippen molar-refractivity contribution in [1.29, 1.82) is 0 Å². The smallest absolute Gasteiger partial charge is 0.274 e. The molecular formula is C13H16N4O4S. The van der Waals surface area contributed by atoms with E-state index in [1.807, 2.05) is 0 Å². The number of ether oxygens (including phenoxy) is 1. The lowest BCUT2D eigenvalue weighted by atomic mass is 10.2. The van der Waals surface area contributed by atoms with Crippen molar-refractivity contribution < 1.29 is 17.9 Å². The summed E-state index contributed by atoms with van der Waals surface area (Å²) in [5.74, 6) is 0.0168. The molecule has 1 aromatic carbocycles. The number of sulfonamides is 1. The van der Waals surface area contributed by atoms with Gasteiger partial charge in [0.25, 0.3) is 5.91 Å². The summed E-state index contributed by atoms with van der Waals surface area (Å²) >= 11 is 0. The number of nitrogens with two attached hydrogens (primary N) is 1. The van der Waals surface area contributed by atoms with Gasteiger partial charge in [0.2, 0.25) is 10.0 Å². The molecule has 0 radical (unpaired) electrons. The maximum absolute atomic E-state index is 11.6. The number of aliphatic imine (C=N–C) groups is 2. The van der Waals surface area contributed by atoms with E-state index in [2.05, 4.69) is 14.7 Å². The van der Waals surface area contributed by atoms with E-state index in [4.69, 9.17) is 10.5 Å². The van der Waals surface area contributed by atoms with Crippen molar-refractivity contribution in [3.63, 3.8) is 0 Å². The number of benzene rings is 1. The Bertz CT molecular complexity index is 727. The number of nitrogens with one attached hydrogen (secondary N) is 1. The molecule has 1 amide bonds. The summed E-state index contributed by atoms with van der Waals surface area (Å²) in [5.41, 5.74) is 6.36. The molecule has 1 heterocycles. The van der Waals surface area contributed by atoms with Crippen LogP contribution in [0.3, 0.4) is 0 Å². The lowest BCUT2D eigenvalue weighted by Gasteiger charge is -2.15. The zero-order valence-electron chi connectivity index (χ0n) is 11.9. The van der Waals surface area contributed by atoms with Crippen LogP contribution in [0.4, 0.5) is 5.69 Å². The Morgan fingerprint density at radius 3 is 2.86 bits per heavy atom. The molecular weight excluding hydrogens is 308 g/mol. The Morgan fingerprint density at radius 1 is 1.41 bits per heavy atom. The second kappa shape index (κ2) is 6.67. The number of carbonyl (C=O) groups excluding carboxylic acids is 1. The Balaban J connectivity index is 2.03. The van der Waals surface area contributed by atoms with Crippen LogP contribution in [0.25, 0.3) is 0 Å². The molecule has 1 unspecified atom stereocenters. The lowest BCUT2D eigenvalue weighted by Crippen LogP contribution is -2.32. The predicted molar refractivity (Wildman–Crippen MR) is 84.2 cm³/mol. The molecule has 1 atom stereocenters. The van der Waals surface area contributed by atoms with Crippen molar-refractivity contribution in [1.82, 2.24) is 0 Å². The van der Waals surface area contributed by atoms with Crippen molar-refractivity contribution in [3.05, 3.63) is 24.3 Å². The third-order valence-corrected chi connectivity index (χ3v) is 3.31. The van der Waals surface area contributed by atoms with Crippen molar-refractivity contribution >= 4 is 33.5 Å². The lowest BCUT2D eigenvalue weighted by molar-refractivity contribution is -0.119. The molecule has 0 fully saturated rings. The molecule has 22 heavy (non-hydrogen) atoms. The van der Waals surface area contributed by atoms with Gasteiger partial charge < -0.3 is 10.5 Å². The SMILES string of the molecule is CS(=O)(=O)Nc1cccc(OCC2N=C(CN)C=NC2=O)c1. The summed E-state index contributed by atoms with van der Waals surface area (Å²) in [6, 6.07) is 5.66. The first-order chi connectivity index (χ1) is 10.4. The van der Waals surface area contributed by atoms with Crippen LogP contribution in [-0.2, 0) is 14.8 Å². The van der Waals surface area contributed by atoms with Gasteiger partial charge in [-0.25, -0.2) is 13.4 Å². The van der Waals surface area contributed by atoms with Crippen LogP contribution in [-0.4, -0.2) is 51.7 Å². The van der Waals surface area contributed by atoms with Gasteiger partial charge in [0.15, 0.2) is 6.04 Å². The maximum atomic E-state index is 11.6. The van der Waals surface area contributed by atoms with Gasteiger partial charge in [0, 0.05) is 12.6 Å². The molecule has 0 saturated heterocycles. The van der Waals surface area contributed by atoms with Gasteiger partial charge in [-0.05, 0) is 12.1 Å². The third kappa shape index (κ3) is 4.64. The highest BCUT2D eigenvalue weighted by atomic mass is 32.2. The molecule has 0 aliphatic carbocycles. The van der Waals surface area contributed by atoms with Crippen molar-refractivity contribution in [2.75, 3.05) is 24.1 Å². The summed E-state index contributed by atoms with van der Waals surface area (Å²) in [6.45, 7) is 0.197. The number of amides is 1. The minimum atomic E-state index is -3.36. The predicted octanol–water partition coefficient (Wildman–Crippen LogP) is -0.184. The molecule has 0 saturated carbocycles. The standard InChI is InChI=1S/C13H16N4O4S/c1-22(19,20)17-9-3-2-4-11(5-9)21-8-12-13(18)15-7-10(6-14)16-12/h2-5,7,12,17H,6,8,14H2,1H3. The van der Waals surface area contributed by atoms with Crippen LogP contribution in [0.1, 0.15) is 0 Å². The van der Waals surface area contributed by atoms with Crippen LogP contribution in [0.2, 0.25) is 0 Å². The van der Waals surface area contributed by atoms with E-state index in [1.165, 1.54) is 12.3 Å². The molecule has 0 aromatic heterocycles. The first-order valence-corrected chi connectivity index (χ1v) is 8.32. The Kier molecular flexibility index (Phi) is 4.88. The van der Waals surface area contributed by atoms with Crippen LogP contribution in [0.5, 0.6) is 5.75 Å².